The van der Waals surface area contributed by atoms with E-state index in [2.05, 4.69) is 0 Å². The number of nitrogens with zero attached hydrogens (tertiary/aromatic N) is 2. The van der Waals surface area contributed by atoms with E-state index in [4.69, 9.17) is 0 Å². The summed E-state index contributed by atoms with van der Waals surface area (Å²) in [7, 11) is -4.03. The highest BCUT2D eigenvalue weighted by Crippen LogP contribution is 2.25. The average Bonchev–Trinajstić information content (AvgIpc) is 2.53. The first-order valence-electron chi connectivity index (χ1n) is 6.53. The highest BCUT2D eigenvalue weighted by molar-refractivity contribution is 7.95. The Balaban J connectivity index is 2.58. The van der Waals surface area contributed by atoms with Gasteiger partial charge < -0.3 is 0 Å². The number of aryl methyl sites for hydroxylation is 1. The van der Waals surface area contributed by atoms with E-state index in [0.29, 0.717) is 0 Å². The summed E-state index contributed by atoms with van der Waals surface area (Å²) >= 11 is 0. The van der Waals surface area contributed by atoms with Crippen LogP contribution in [-0.4, -0.2) is 13.3 Å². The molecule has 7 heteroatoms. The SMILES string of the molecule is Cc1ccc(S(=O)(=O)/C(C#N)=C/c2ccccc2[N+](=O)[O-])cc1. The second kappa shape index (κ2) is 6.42. The average molecular weight is 328 g/mol. The summed E-state index contributed by atoms with van der Waals surface area (Å²) < 4.78 is 25.0. The maximum Gasteiger partial charge on any atom is 0.276 e. The van der Waals surface area contributed by atoms with Crippen LogP contribution >= 0.6 is 0 Å². The molecule has 0 heterocycles. The Morgan fingerprint density at radius 3 is 2.35 bits per heavy atom. The van der Waals surface area contributed by atoms with Crippen LogP contribution in [0.2, 0.25) is 0 Å². The van der Waals surface area contributed by atoms with Crippen LogP contribution in [-0.2, 0) is 9.84 Å². The zero-order valence-electron chi connectivity index (χ0n) is 12.1. The number of para-hydroxylation sites is 1. The number of nitriles is 1. The van der Waals surface area contributed by atoms with E-state index in [1.165, 1.54) is 36.4 Å². The minimum absolute atomic E-state index is 0.0329. The summed E-state index contributed by atoms with van der Waals surface area (Å²) in [5.74, 6) is 0. The Morgan fingerprint density at radius 2 is 1.78 bits per heavy atom. The lowest BCUT2D eigenvalue weighted by atomic mass is 10.1. The third kappa shape index (κ3) is 3.44. The van der Waals surface area contributed by atoms with Crippen molar-refractivity contribution in [1.29, 1.82) is 5.26 Å². The summed E-state index contributed by atoms with van der Waals surface area (Å²) in [6.07, 6.45) is 1.02. The van der Waals surface area contributed by atoms with Gasteiger partial charge in [0.1, 0.15) is 11.0 Å². The molecule has 0 fully saturated rings. The van der Waals surface area contributed by atoms with Crippen LogP contribution in [0.5, 0.6) is 0 Å². The number of hydrogen-bond donors (Lipinski definition) is 0. The maximum atomic E-state index is 12.5. The van der Waals surface area contributed by atoms with Crippen LogP contribution in [0.15, 0.2) is 58.3 Å². The van der Waals surface area contributed by atoms with E-state index in [1.54, 1.807) is 18.2 Å². The predicted octanol–water partition coefficient (Wildman–Crippen LogP) is 3.24. The van der Waals surface area contributed by atoms with Gasteiger partial charge in [-0.25, -0.2) is 8.42 Å². The van der Waals surface area contributed by atoms with E-state index in [-0.39, 0.29) is 16.1 Å². The van der Waals surface area contributed by atoms with Crippen LogP contribution in [0.3, 0.4) is 0 Å². The van der Waals surface area contributed by atoms with Crippen molar-refractivity contribution in [3.8, 4) is 6.07 Å². The van der Waals surface area contributed by atoms with E-state index in [9.17, 15) is 23.8 Å². The van der Waals surface area contributed by atoms with Gasteiger partial charge in [0.2, 0.25) is 9.84 Å². The normalized spacial score (nSPS) is 11.7. The Hall–Kier alpha value is -2.98. The molecule has 2 aromatic carbocycles. The Kier molecular flexibility index (Phi) is 4.57. The van der Waals surface area contributed by atoms with Gasteiger partial charge in [-0.15, -0.1) is 0 Å². The van der Waals surface area contributed by atoms with Gasteiger partial charge in [0.15, 0.2) is 0 Å². The molecule has 6 nitrogen and oxygen atoms in total. The van der Waals surface area contributed by atoms with Crippen LogP contribution in [0.1, 0.15) is 11.1 Å². The van der Waals surface area contributed by atoms with Gasteiger partial charge in [0, 0.05) is 6.07 Å². The number of rotatable bonds is 4. The van der Waals surface area contributed by atoms with Crippen molar-refractivity contribution < 1.29 is 13.3 Å². The van der Waals surface area contributed by atoms with Crippen molar-refractivity contribution in [3.05, 3.63) is 74.7 Å². The first-order valence-corrected chi connectivity index (χ1v) is 8.01. The van der Waals surface area contributed by atoms with Gasteiger partial charge in [-0.1, -0.05) is 29.8 Å². The molecular formula is C16H12N2O4S. The van der Waals surface area contributed by atoms with Crippen molar-refractivity contribution in [1.82, 2.24) is 0 Å². The quantitative estimate of drug-likeness (QED) is 0.487. The summed E-state index contributed by atoms with van der Waals surface area (Å²) in [4.78, 5) is 9.79. The largest absolute Gasteiger partial charge is 0.276 e. The first-order chi connectivity index (χ1) is 10.9. The van der Waals surface area contributed by atoms with Crippen molar-refractivity contribution in [2.45, 2.75) is 11.8 Å². The molecular weight excluding hydrogens is 316 g/mol. The molecule has 0 spiro atoms. The fraction of sp³-hybridized carbons (Fsp3) is 0.0625. The molecule has 0 N–H and O–H groups in total. The number of benzene rings is 2. The van der Waals surface area contributed by atoms with Gasteiger partial charge in [0.25, 0.3) is 5.69 Å². The number of nitro groups is 1. The second-order valence-electron chi connectivity index (χ2n) is 4.75. The zero-order valence-corrected chi connectivity index (χ0v) is 12.9. The summed E-state index contributed by atoms with van der Waals surface area (Å²) in [6, 6.07) is 13.3. The second-order valence-corrected chi connectivity index (χ2v) is 6.67. The molecule has 0 amide bonds. The molecule has 0 atom stereocenters. The number of nitro benzene ring substituents is 1. The third-order valence-corrected chi connectivity index (χ3v) is 4.83. The van der Waals surface area contributed by atoms with Crippen LogP contribution in [0.25, 0.3) is 6.08 Å². The lowest BCUT2D eigenvalue weighted by Gasteiger charge is -2.04. The summed E-state index contributed by atoms with van der Waals surface area (Å²) in [6.45, 7) is 1.81. The van der Waals surface area contributed by atoms with Crippen molar-refractivity contribution in [3.63, 3.8) is 0 Å². The monoisotopic (exact) mass is 328 g/mol. The van der Waals surface area contributed by atoms with E-state index in [0.717, 1.165) is 11.6 Å². The molecule has 0 aliphatic carbocycles. The zero-order chi connectivity index (χ0) is 17.0. The minimum atomic E-state index is -4.03. The van der Waals surface area contributed by atoms with E-state index in [1.807, 2.05) is 6.92 Å². The number of allylic oxidation sites excluding steroid dienone is 1. The number of hydrogen-bond acceptors (Lipinski definition) is 5. The maximum absolute atomic E-state index is 12.5. The Labute approximate surface area is 133 Å². The highest BCUT2D eigenvalue weighted by atomic mass is 32.2. The van der Waals surface area contributed by atoms with Gasteiger partial charge >= 0.3 is 0 Å². The standard InChI is InChI=1S/C16H12N2O4S/c1-12-6-8-14(9-7-12)23(21,22)15(11-17)10-13-4-2-3-5-16(13)18(19)20/h2-10H,1H3/b15-10+. The highest BCUT2D eigenvalue weighted by Gasteiger charge is 2.22. The molecule has 0 saturated carbocycles. The van der Waals surface area contributed by atoms with Gasteiger partial charge in [0.05, 0.1) is 15.4 Å². The third-order valence-electron chi connectivity index (χ3n) is 3.15. The van der Waals surface area contributed by atoms with Crippen molar-refractivity contribution in [2.75, 3.05) is 0 Å². The molecule has 0 aliphatic heterocycles. The van der Waals surface area contributed by atoms with Gasteiger partial charge in [-0.05, 0) is 31.2 Å². The first kappa shape index (κ1) is 16.4. The Bertz CT molecular complexity index is 923. The lowest BCUT2D eigenvalue weighted by molar-refractivity contribution is -0.385. The number of sulfone groups is 1. The molecule has 2 rings (SSSR count). The molecule has 0 aliphatic rings. The molecule has 23 heavy (non-hydrogen) atoms. The summed E-state index contributed by atoms with van der Waals surface area (Å²) in [5, 5.41) is 20.2. The lowest BCUT2D eigenvalue weighted by Crippen LogP contribution is -2.04. The Morgan fingerprint density at radius 1 is 1.17 bits per heavy atom. The fourth-order valence-electron chi connectivity index (χ4n) is 1.93. The minimum Gasteiger partial charge on any atom is -0.258 e. The van der Waals surface area contributed by atoms with Crippen LogP contribution < -0.4 is 0 Å². The predicted molar refractivity (Wildman–Crippen MR) is 85.1 cm³/mol. The van der Waals surface area contributed by atoms with E-state index < -0.39 is 19.7 Å². The molecule has 116 valence electrons. The molecule has 0 saturated heterocycles. The van der Waals surface area contributed by atoms with Crippen LogP contribution in [0.4, 0.5) is 5.69 Å². The summed E-state index contributed by atoms with van der Waals surface area (Å²) in [5.41, 5.74) is 0.675. The van der Waals surface area contributed by atoms with Crippen molar-refractivity contribution >= 4 is 21.6 Å². The van der Waals surface area contributed by atoms with Crippen LogP contribution in [0, 0.1) is 28.4 Å². The molecule has 0 bridgehead atoms. The smallest absolute Gasteiger partial charge is 0.258 e. The van der Waals surface area contributed by atoms with E-state index >= 15 is 0 Å². The molecule has 0 radical (unpaired) electrons. The fourth-order valence-corrected chi connectivity index (χ4v) is 3.08. The van der Waals surface area contributed by atoms with Gasteiger partial charge in [-0.2, -0.15) is 5.26 Å². The van der Waals surface area contributed by atoms with Gasteiger partial charge in [-0.3, -0.25) is 10.1 Å². The topological polar surface area (TPSA) is 101 Å². The molecule has 2 aromatic rings. The molecule has 0 unspecified atom stereocenters. The molecule has 0 aromatic heterocycles. The van der Waals surface area contributed by atoms with Crippen molar-refractivity contribution in [2.24, 2.45) is 0 Å².